The van der Waals surface area contributed by atoms with Crippen molar-refractivity contribution in [1.29, 1.82) is 0 Å². The largest absolute Gasteiger partial charge is 0.319 e. The number of hydrogen-bond acceptors (Lipinski definition) is 4. The van der Waals surface area contributed by atoms with E-state index in [9.17, 15) is 13.2 Å². The Bertz CT molecular complexity index is 1110. The Morgan fingerprint density at radius 3 is 2.59 bits per heavy atom. The number of anilines is 1. The summed E-state index contributed by atoms with van der Waals surface area (Å²) >= 11 is 6.13. The van der Waals surface area contributed by atoms with Crippen molar-refractivity contribution in [3.05, 3.63) is 77.1 Å². The number of amides is 1. The molecule has 2 aromatic carbocycles. The van der Waals surface area contributed by atoms with Gasteiger partial charge in [-0.1, -0.05) is 41.9 Å². The van der Waals surface area contributed by atoms with Crippen molar-refractivity contribution in [3.8, 4) is 0 Å². The summed E-state index contributed by atoms with van der Waals surface area (Å²) in [6.45, 7) is 3.99. The lowest BCUT2D eigenvalue weighted by Gasteiger charge is -2.11. The lowest BCUT2D eigenvalue weighted by molar-refractivity contribution is 0.102. The molecule has 3 aromatic rings. The summed E-state index contributed by atoms with van der Waals surface area (Å²) in [5.74, 6) is -0.518. The van der Waals surface area contributed by atoms with Gasteiger partial charge in [0.2, 0.25) is 10.0 Å². The topological polar surface area (TPSA) is 93.1 Å². The summed E-state index contributed by atoms with van der Waals surface area (Å²) in [5, 5.41) is 7.09. The van der Waals surface area contributed by atoms with Crippen LogP contribution in [0.25, 0.3) is 0 Å². The van der Waals surface area contributed by atoms with Crippen LogP contribution in [0.15, 0.2) is 65.8 Å². The summed E-state index contributed by atoms with van der Waals surface area (Å²) < 4.78 is 28.9. The zero-order valence-corrected chi connectivity index (χ0v) is 17.5. The number of rotatable bonds is 7. The smallest absolute Gasteiger partial charge is 0.257 e. The third-order valence-electron chi connectivity index (χ3n) is 3.96. The van der Waals surface area contributed by atoms with E-state index in [4.69, 9.17) is 11.6 Å². The number of carbonyl (C=O) groups is 1. The van der Waals surface area contributed by atoms with E-state index in [1.165, 1.54) is 24.4 Å². The van der Waals surface area contributed by atoms with Crippen LogP contribution in [0.3, 0.4) is 0 Å². The Labute approximate surface area is 174 Å². The third-order valence-corrected chi connectivity index (χ3v) is 5.95. The lowest BCUT2D eigenvalue weighted by atomic mass is 10.2. The van der Waals surface area contributed by atoms with Gasteiger partial charge in [-0.25, -0.2) is 13.1 Å². The molecule has 29 heavy (non-hydrogen) atoms. The van der Waals surface area contributed by atoms with E-state index in [0.29, 0.717) is 12.2 Å². The van der Waals surface area contributed by atoms with Gasteiger partial charge in [-0.2, -0.15) is 5.10 Å². The molecule has 152 valence electrons. The van der Waals surface area contributed by atoms with Crippen molar-refractivity contribution in [2.45, 2.75) is 31.3 Å². The standard InChI is InChI=1S/C20H21ClN4O3S/c1-14(2)24-29(27,28)17-8-9-19(21)18(10-17)20(26)23-16-11-22-25(13-16)12-15-6-4-3-5-7-15/h3-11,13-14,24H,12H2,1-2H3,(H,23,26). The molecule has 0 aliphatic heterocycles. The van der Waals surface area contributed by atoms with Gasteiger partial charge in [-0.15, -0.1) is 0 Å². The van der Waals surface area contributed by atoms with Gasteiger partial charge in [-0.05, 0) is 37.6 Å². The van der Waals surface area contributed by atoms with Crippen LogP contribution in [0.5, 0.6) is 0 Å². The van der Waals surface area contributed by atoms with Gasteiger partial charge >= 0.3 is 0 Å². The van der Waals surface area contributed by atoms with Crippen LogP contribution in [0, 0.1) is 0 Å². The van der Waals surface area contributed by atoms with Gasteiger partial charge in [-0.3, -0.25) is 9.48 Å². The predicted molar refractivity (Wildman–Crippen MR) is 113 cm³/mol. The number of nitrogens with zero attached hydrogens (tertiary/aromatic N) is 2. The molecule has 9 heteroatoms. The number of carbonyl (C=O) groups excluding carboxylic acids is 1. The van der Waals surface area contributed by atoms with Crippen LogP contribution in [0.2, 0.25) is 5.02 Å². The van der Waals surface area contributed by atoms with Crippen LogP contribution in [0.4, 0.5) is 5.69 Å². The molecule has 0 saturated heterocycles. The fraction of sp³-hybridized carbons (Fsp3) is 0.200. The highest BCUT2D eigenvalue weighted by Crippen LogP contribution is 2.22. The van der Waals surface area contributed by atoms with E-state index in [1.54, 1.807) is 24.7 Å². The fourth-order valence-electron chi connectivity index (χ4n) is 2.71. The molecule has 1 aromatic heterocycles. The molecule has 0 aliphatic rings. The molecule has 1 amide bonds. The molecule has 0 atom stereocenters. The van der Waals surface area contributed by atoms with Crippen molar-refractivity contribution in [2.75, 3.05) is 5.32 Å². The van der Waals surface area contributed by atoms with E-state index in [-0.39, 0.29) is 21.5 Å². The maximum atomic E-state index is 12.7. The molecule has 1 heterocycles. The van der Waals surface area contributed by atoms with Gasteiger partial charge in [0, 0.05) is 12.2 Å². The van der Waals surface area contributed by atoms with E-state index < -0.39 is 15.9 Å². The van der Waals surface area contributed by atoms with Crippen molar-refractivity contribution in [3.63, 3.8) is 0 Å². The SMILES string of the molecule is CC(C)NS(=O)(=O)c1ccc(Cl)c(C(=O)Nc2cnn(Cc3ccccc3)c2)c1. The first-order valence-corrected chi connectivity index (χ1v) is 10.8. The number of halogens is 1. The molecule has 0 spiro atoms. The Kier molecular flexibility index (Phi) is 6.36. The van der Waals surface area contributed by atoms with E-state index in [2.05, 4.69) is 15.1 Å². The van der Waals surface area contributed by atoms with Crippen LogP contribution in [0.1, 0.15) is 29.8 Å². The first-order valence-electron chi connectivity index (χ1n) is 8.94. The summed E-state index contributed by atoms with van der Waals surface area (Å²) in [5.41, 5.74) is 1.62. The monoisotopic (exact) mass is 432 g/mol. The molecule has 0 saturated carbocycles. The number of aromatic nitrogens is 2. The zero-order valence-electron chi connectivity index (χ0n) is 16.0. The van der Waals surface area contributed by atoms with E-state index in [1.807, 2.05) is 30.3 Å². The van der Waals surface area contributed by atoms with Crippen LogP contribution >= 0.6 is 11.6 Å². The minimum Gasteiger partial charge on any atom is -0.319 e. The van der Waals surface area contributed by atoms with Gasteiger partial charge in [0.05, 0.1) is 33.9 Å². The van der Waals surface area contributed by atoms with Gasteiger partial charge in [0.1, 0.15) is 0 Å². The molecule has 2 N–H and O–H groups in total. The van der Waals surface area contributed by atoms with E-state index in [0.717, 1.165) is 5.56 Å². The second-order valence-corrected chi connectivity index (χ2v) is 8.91. The maximum absolute atomic E-state index is 12.7. The summed E-state index contributed by atoms with van der Waals surface area (Å²) in [7, 11) is -3.74. The second-order valence-electron chi connectivity index (χ2n) is 6.78. The molecule has 0 bridgehead atoms. The molecule has 3 rings (SSSR count). The lowest BCUT2D eigenvalue weighted by Crippen LogP contribution is -2.30. The van der Waals surface area contributed by atoms with Gasteiger partial charge < -0.3 is 5.32 Å². The molecule has 0 radical (unpaired) electrons. The van der Waals surface area contributed by atoms with E-state index >= 15 is 0 Å². The molecule has 7 nitrogen and oxygen atoms in total. The van der Waals surface area contributed by atoms with Crippen molar-refractivity contribution < 1.29 is 13.2 Å². The second kappa shape index (κ2) is 8.77. The Hall–Kier alpha value is -2.68. The van der Waals surface area contributed by atoms with Gasteiger partial charge in [0.25, 0.3) is 5.91 Å². The minimum absolute atomic E-state index is 0.0273. The number of hydrogen-bond donors (Lipinski definition) is 2. The maximum Gasteiger partial charge on any atom is 0.257 e. The normalized spacial score (nSPS) is 11.6. The predicted octanol–water partition coefficient (Wildman–Crippen LogP) is 3.52. The molecule has 0 aliphatic carbocycles. The summed E-state index contributed by atoms with van der Waals surface area (Å²) in [6, 6.07) is 13.5. The van der Waals surface area contributed by atoms with Crippen LogP contribution < -0.4 is 10.0 Å². The number of sulfonamides is 1. The van der Waals surface area contributed by atoms with Crippen molar-refractivity contribution >= 4 is 33.2 Å². The van der Waals surface area contributed by atoms with Crippen LogP contribution in [-0.4, -0.2) is 30.1 Å². The fourth-order valence-corrected chi connectivity index (χ4v) is 4.19. The molecule has 0 fully saturated rings. The quantitative estimate of drug-likeness (QED) is 0.597. The summed E-state index contributed by atoms with van der Waals surface area (Å²) in [4.78, 5) is 12.6. The highest BCUT2D eigenvalue weighted by molar-refractivity contribution is 7.89. The summed E-state index contributed by atoms with van der Waals surface area (Å²) in [6.07, 6.45) is 3.22. The molecular formula is C20H21ClN4O3S. The number of nitrogens with one attached hydrogen (secondary N) is 2. The van der Waals surface area contributed by atoms with Crippen molar-refractivity contribution in [2.24, 2.45) is 0 Å². The molecule has 0 unspecified atom stereocenters. The van der Waals surface area contributed by atoms with Gasteiger partial charge in [0.15, 0.2) is 0 Å². The average Bonchev–Trinajstić information content (AvgIpc) is 3.08. The molecular weight excluding hydrogens is 412 g/mol. The zero-order chi connectivity index (χ0) is 21.0. The number of benzene rings is 2. The Balaban J connectivity index is 1.76. The third kappa shape index (κ3) is 5.44. The first-order chi connectivity index (χ1) is 13.7. The van der Waals surface area contributed by atoms with Crippen molar-refractivity contribution in [1.82, 2.24) is 14.5 Å². The first kappa shape index (κ1) is 21.0. The minimum atomic E-state index is -3.74. The Morgan fingerprint density at radius 1 is 1.17 bits per heavy atom. The highest BCUT2D eigenvalue weighted by atomic mass is 35.5. The average molecular weight is 433 g/mol. The Morgan fingerprint density at radius 2 is 1.90 bits per heavy atom. The highest BCUT2D eigenvalue weighted by Gasteiger charge is 2.20. The van der Waals surface area contributed by atoms with Crippen LogP contribution in [-0.2, 0) is 16.6 Å².